The molecule has 4 bridgehead atoms. The molecule has 0 aromatic rings. The van der Waals surface area contributed by atoms with Gasteiger partial charge in [-0.1, -0.05) is 0 Å². The monoisotopic (exact) mass is 342 g/mol. The molecule has 0 aromatic heterocycles. The van der Waals surface area contributed by atoms with E-state index in [4.69, 9.17) is 0 Å². The van der Waals surface area contributed by atoms with Crippen molar-refractivity contribution in [3.05, 3.63) is 0 Å². The Kier molecular flexibility index (Phi) is 3.53. The van der Waals surface area contributed by atoms with Gasteiger partial charge in [-0.2, -0.15) is 13.2 Å². The van der Waals surface area contributed by atoms with Crippen molar-refractivity contribution in [1.29, 1.82) is 0 Å². The van der Waals surface area contributed by atoms with Gasteiger partial charge in [0.1, 0.15) is 0 Å². The molecule has 132 valence electrons. The second kappa shape index (κ2) is 4.80. The smallest absolute Gasteiger partial charge is 0.431 e. The zero-order valence-electron chi connectivity index (χ0n) is 12.6. The van der Waals surface area contributed by atoms with Crippen LogP contribution in [0.1, 0.15) is 45.4 Å². The predicted molar refractivity (Wildman–Crippen MR) is 68.6 cm³/mol. The van der Waals surface area contributed by atoms with Crippen molar-refractivity contribution < 1.29 is 36.6 Å². The summed E-state index contributed by atoms with van der Waals surface area (Å²) < 4.78 is 69.2. The minimum absolute atomic E-state index is 0.00565. The molecular formula is C15H19F5O3. The van der Waals surface area contributed by atoms with E-state index in [2.05, 4.69) is 4.74 Å². The molecule has 0 spiro atoms. The summed E-state index contributed by atoms with van der Waals surface area (Å²) in [5.41, 5.74) is -2.33. The maximum Gasteiger partial charge on any atom is 0.431 e. The van der Waals surface area contributed by atoms with Gasteiger partial charge in [0.25, 0.3) is 12.0 Å². The Hall–Kier alpha value is -0.920. The van der Waals surface area contributed by atoms with Gasteiger partial charge in [0.05, 0.1) is 11.0 Å². The number of alkyl halides is 5. The van der Waals surface area contributed by atoms with Gasteiger partial charge in [-0.05, 0) is 50.4 Å². The number of rotatable bonds is 3. The number of halogens is 5. The molecule has 8 heteroatoms. The van der Waals surface area contributed by atoms with Gasteiger partial charge in [-0.3, -0.25) is 4.79 Å². The van der Waals surface area contributed by atoms with Crippen molar-refractivity contribution in [1.82, 2.24) is 0 Å². The lowest BCUT2D eigenvalue weighted by molar-refractivity contribution is -0.281. The van der Waals surface area contributed by atoms with E-state index in [-0.39, 0.29) is 25.2 Å². The molecule has 3 atom stereocenters. The molecule has 0 heterocycles. The zero-order valence-corrected chi connectivity index (χ0v) is 12.6. The number of hydrogen-bond acceptors (Lipinski definition) is 3. The van der Waals surface area contributed by atoms with Crippen LogP contribution in [0.15, 0.2) is 0 Å². The average molecular weight is 342 g/mol. The van der Waals surface area contributed by atoms with E-state index in [1.807, 2.05) is 0 Å². The van der Waals surface area contributed by atoms with Crippen LogP contribution in [0.2, 0.25) is 0 Å². The van der Waals surface area contributed by atoms with E-state index in [9.17, 15) is 31.9 Å². The molecule has 4 aliphatic rings. The highest BCUT2D eigenvalue weighted by atomic mass is 19.4. The molecule has 0 aliphatic heterocycles. The highest BCUT2D eigenvalue weighted by Gasteiger charge is 2.63. The molecule has 3 unspecified atom stereocenters. The van der Waals surface area contributed by atoms with Gasteiger partial charge in [0, 0.05) is 6.92 Å². The largest absolute Gasteiger partial charge is 0.446 e. The second-order valence-electron chi connectivity index (χ2n) is 7.75. The van der Waals surface area contributed by atoms with Crippen LogP contribution in [0.3, 0.4) is 0 Å². The lowest BCUT2D eigenvalue weighted by Crippen LogP contribution is -2.59. The summed E-state index contributed by atoms with van der Waals surface area (Å²) >= 11 is 0. The van der Waals surface area contributed by atoms with Crippen molar-refractivity contribution >= 4 is 5.97 Å². The van der Waals surface area contributed by atoms with Crippen LogP contribution in [0.4, 0.5) is 22.0 Å². The fourth-order valence-electron chi connectivity index (χ4n) is 5.14. The van der Waals surface area contributed by atoms with Crippen LogP contribution in [0.5, 0.6) is 0 Å². The van der Waals surface area contributed by atoms with Gasteiger partial charge in [-0.25, -0.2) is 8.78 Å². The third kappa shape index (κ3) is 2.94. The first-order valence-corrected chi connectivity index (χ1v) is 7.71. The lowest BCUT2D eigenvalue weighted by Gasteiger charge is -2.58. The summed E-state index contributed by atoms with van der Waals surface area (Å²) in [7, 11) is 0. The molecule has 0 saturated heterocycles. The summed E-state index contributed by atoms with van der Waals surface area (Å²) in [5, 5.41) is 10.5. The maximum absolute atomic E-state index is 13.2. The quantitative estimate of drug-likeness (QED) is 0.631. The first kappa shape index (κ1) is 16.9. The maximum atomic E-state index is 13.2. The molecule has 4 fully saturated rings. The van der Waals surface area contributed by atoms with Crippen molar-refractivity contribution in [2.75, 3.05) is 0 Å². The zero-order chi connectivity index (χ0) is 17.3. The molecule has 3 nitrogen and oxygen atoms in total. The summed E-state index contributed by atoms with van der Waals surface area (Å²) in [6.07, 6.45) is -6.31. The molecular weight excluding hydrogens is 323 g/mol. The standard InChI is InChI=1S/C15H19F5O3/c1-12(16,17)10(15(18,19)20)23-11(21)13-3-8-2-9(4-13)6-14(22,5-8)7-13/h8-10,22H,2-7H2,1H3. The van der Waals surface area contributed by atoms with Crippen LogP contribution in [-0.2, 0) is 9.53 Å². The average Bonchev–Trinajstić information content (AvgIpc) is 2.29. The van der Waals surface area contributed by atoms with Crippen molar-refractivity contribution in [3.8, 4) is 0 Å². The van der Waals surface area contributed by atoms with E-state index >= 15 is 0 Å². The fourth-order valence-corrected chi connectivity index (χ4v) is 5.14. The summed E-state index contributed by atoms with van der Waals surface area (Å²) in [6, 6.07) is 0. The molecule has 0 amide bonds. The highest BCUT2D eigenvalue weighted by Crippen LogP contribution is 2.62. The Labute approximate surface area is 130 Å². The minimum atomic E-state index is -5.34. The van der Waals surface area contributed by atoms with Crippen LogP contribution < -0.4 is 0 Å². The van der Waals surface area contributed by atoms with Gasteiger partial charge in [0.15, 0.2) is 0 Å². The number of aliphatic hydroxyl groups is 1. The third-order valence-corrected chi connectivity index (χ3v) is 5.45. The van der Waals surface area contributed by atoms with E-state index in [0.717, 1.165) is 6.42 Å². The second-order valence-corrected chi connectivity index (χ2v) is 7.75. The Morgan fingerprint density at radius 3 is 2.04 bits per heavy atom. The molecule has 4 rings (SSSR count). The van der Waals surface area contributed by atoms with Crippen molar-refractivity contribution in [3.63, 3.8) is 0 Å². The molecule has 0 radical (unpaired) electrons. The summed E-state index contributed by atoms with van der Waals surface area (Å²) in [6.45, 7) is 0.0889. The molecule has 4 saturated carbocycles. The van der Waals surface area contributed by atoms with Gasteiger partial charge in [0.2, 0.25) is 0 Å². The number of carbonyl (C=O) groups is 1. The fraction of sp³-hybridized carbons (Fsp3) is 0.933. The molecule has 4 aliphatic carbocycles. The lowest BCUT2D eigenvalue weighted by atomic mass is 9.48. The number of carbonyl (C=O) groups excluding carboxylic acids is 1. The van der Waals surface area contributed by atoms with Gasteiger partial charge < -0.3 is 9.84 Å². The number of esters is 1. The summed E-state index contributed by atoms with van der Waals surface area (Å²) in [5.74, 6) is -5.37. The Balaban J connectivity index is 1.83. The first-order valence-electron chi connectivity index (χ1n) is 7.71. The SMILES string of the molecule is CC(F)(F)C(OC(=O)C12CC3CC(CC(O)(C3)C1)C2)C(F)(F)F. The predicted octanol–water partition coefficient (Wildman–Crippen LogP) is 3.45. The van der Waals surface area contributed by atoms with Crippen molar-refractivity contribution in [2.45, 2.75) is 69.3 Å². The van der Waals surface area contributed by atoms with Crippen LogP contribution in [0.25, 0.3) is 0 Å². The molecule has 0 aromatic carbocycles. The van der Waals surface area contributed by atoms with E-state index in [0.29, 0.717) is 25.7 Å². The topological polar surface area (TPSA) is 46.5 Å². The minimum Gasteiger partial charge on any atom is -0.446 e. The van der Waals surface area contributed by atoms with Crippen LogP contribution >= 0.6 is 0 Å². The van der Waals surface area contributed by atoms with E-state index < -0.39 is 35.2 Å². The normalized spacial score (nSPS) is 41.0. The van der Waals surface area contributed by atoms with Gasteiger partial charge in [-0.15, -0.1) is 0 Å². The Morgan fingerprint density at radius 1 is 1.13 bits per heavy atom. The van der Waals surface area contributed by atoms with E-state index in [1.165, 1.54) is 0 Å². The molecule has 23 heavy (non-hydrogen) atoms. The Bertz CT molecular complexity index is 482. The highest BCUT2D eigenvalue weighted by molar-refractivity contribution is 5.78. The first-order chi connectivity index (χ1) is 10.3. The third-order valence-electron chi connectivity index (χ3n) is 5.45. The van der Waals surface area contributed by atoms with Crippen LogP contribution in [-0.4, -0.2) is 34.9 Å². The van der Waals surface area contributed by atoms with E-state index in [1.54, 1.807) is 0 Å². The Morgan fingerprint density at radius 2 is 1.65 bits per heavy atom. The molecule has 1 N–H and O–H groups in total. The van der Waals surface area contributed by atoms with Crippen LogP contribution in [0, 0.1) is 17.3 Å². The number of hydrogen-bond donors (Lipinski definition) is 1. The van der Waals surface area contributed by atoms with Gasteiger partial charge >= 0.3 is 12.1 Å². The van der Waals surface area contributed by atoms with Crippen molar-refractivity contribution in [2.24, 2.45) is 17.3 Å². The summed E-state index contributed by atoms with van der Waals surface area (Å²) in [4.78, 5) is 12.4. The number of ether oxygens (including phenoxy) is 1.